The number of halogens is 1. The minimum atomic E-state index is -3.64. The van der Waals surface area contributed by atoms with Crippen LogP contribution in [-0.4, -0.2) is 36.7 Å². The predicted molar refractivity (Wildman–Crippen MR) is 88.2 cm³/mol. The molecule has 0 saturated carbocycles. The van der Waals surface area contributed by atoms with Crippen LogP contribution in [0.1, 0.15) is 12.8 Å². The first-order valence-corrected chi connectivity index (χ1v) is 9.65. The number of aromatic nitrogens is 1. The van der Waals surface area contributed by atoms with Crippen molar-refractivity contribution >= 4 is 27.3 Å². The molecule has 9 heteroatoms. The molecule has 0 unspecified atom stereocenters. The normalized spacial score (nSPS) is 17.0. The van der Waals surface area contributed by atoms with Crippen LogP contribution in [0.4, 0.5) is 4.39 Å². The summed E-state index contributed by atoms with van der Waals surface area (Å²) < 4.78 is 39.8. The van der Waals surface area contributed by atoms with E-state index in [-0.39, 0.29) is 34.9 Å². The van der Waals surface area contributed by atoms with Crippen molar-refractivity contribution < 1.29 is 17.6 Å². The zero-order valence-corrected chi connectivity index (χ0v) is 14.3. The summed E-state index contributed by atoms with van der Waals surface area (Å²) in [6.07, 6.45) is 2.18. The Hall–Kier alpha value is -1.84. The predicted octanol–water partition coefficient (Wildman–Crippen LogP) is 1.84. The van der Waals surface area contributed by atoms with Crippen LogP contribution in [0.3, 0.4) is 0 Å². The van der Waals surface area contributed by atoms with E-state index in [0.717, 1.165) is 11.3 Å². The number of hydrogen-bond donors (Lipinski definition) is 1. The van der Waals surface area contributed by atoms with Crippen molar-refractivity contribution in [1.82, 2.24) is 9.29 Å². The minimum Gasteiger partial charge on any atom is -0.369 e. The van der Waals surface area contributed by atoms with Gasteiger partial charge in [-0.05, 0) is 37.1 Å². The van der Waals surface area contributed by atoms with E-state index >= 15 is 0 Å². The summed E-state index contributed by atoms with van der Waals surface area (Å²) >= 11 is 1.04. The number of sulfonamides is 1. The maximum absolute atomic E-state index is 13.0. The first-order valence-electron chi connectivity index (χ1n) is 7.39. The fourth-order valence-corrected chi connectivity index (χ4v) is 5.37. The van der Waals surface area contributed by atoms with Gasteiger partial charge in [0.1, 0.15) is 10.8 Å². The third-order valence-corrected chi connectivity index (χ3v) is 7.41. The second-order valence-electron chi connectivity index (χ2n) is 5.57. The lowest BCUT2D eigenvalue weighted by atomic mass is 9.98. The molecule has 1 aliphatic rings. The molecule has 2 heterocycles. The summed E-state index contributed by atoms with van der Waals surface area (Å²) in [5, 5.41) is 0.514. The van der Waals surface area contributed by atoms with Gasteiger partial charge >= 0.3 is 0 Å². The summed E-state index contributed by atoms with van der Waals surface area (Å²) in [4.78, 5) is 15.3. The Kier molecular flexibility index (Phi) is 4.66. The van der Waals surface area contributed by atoms with E-state index in [1.54, 1.807) is 12.1 Å². The molecule has 1 aromatic heterocycles. The molecule has 1 aliphatic heterocycles. The van der Waals surface area contributed by atoms with Crippen molar-refractivity contribution in [3.05, 3.63) is 36.3 Å². The summed E-state index contributed by atoms with van der Waals surface area (Å²) in [7, 11) is -3.64. The van der Waals surface area contributed by atoms with Crippen LogP contribution in [0.2, 0.25) is 0 Å². The van der Waals surface area contributed by atoms with Gasteiger partial charge in [0, 0.05) is 24.6 Å². The Labute approximate surface area is 143 Å². The number of benzene rings is 1. The fraction of sp³-hybridized carbons (Fsp3) is 0.333. The van der Waals surface area contributed by atoms with Gasteiger partial charge in [-0.25, -0.2) is 17.8 Å². The Balaban J connectivity index is 1.79. The summed E-state index contributed by atoms with van der Waals surface area (Å²) in [6.45, 7) is 0.527. The maximum Gasteiger partial charge on any atom is 0.254 e. The average Bonchev–Trinajstić information content (AvgIpc) is 3.06. The van der Waals surface area contributed by atoms with Crippen molar-refractivity contribution in [2.24, 2.45) is 11.7 Å². The summed E-state index contributed by atoms with van der Waals surface area (Å²) in [5.41, 5.74) is 5.93. The quantitative estimate of drug-likeness (QED) is 0.890. The monoisotopic (exact) mass is 369 g/mol. The van der Waals surface area contributed by atoms with Gasteiger partial charge in [0.15, 0.2) is 4.21 Å². The standard InChI is InChI=1S/C15H16FN3O3S2/c16-12-3-1-11(2-4-12)15-18-9-13(23-15)24(21,22)19-7-5-10(6-8-19)14(17)20/h1-4,9-10H,5-8H2,(H2,17,20). The molecule has 1 aromatic carbocycles. The molecule has 2 N–H and O–H groups in total. The molecular formula is C15H16FN3O3S2. The highest BCUT2D eigenvalue weighted by molar-refractivity contribution is 7.91. The van der Waals surface area contributed by atoms with E-state index in [0.29, 0.717) is 23.4 Å². The molecule has 6 nitrogen and oxygen atoms in total. The first-order chi connectivity index (χ1) is 11.4. The number of thiazole rings is 1. The highest BCUT2D eigenvalue weighted by Crippen LogP contribution is 2.31. The fourth-order valence-electron chi connectivity index (χ4n) is 2.61. The molecule has 0 atom stereocenters. The number of rotatable bonds is 4. The Bertz CT molecular complexity index is 841. The second kappa shape index (κ2) is 6.58. The highest BCUT2D eigenvalue weighted by atomic mass is 32.2. The molecule has 1 amide bonds. The lowest BCUT2D eigenvalue weighted by molar-refractivity contribution is -0.122. The number of piperidine rings is 1. The molecular weight excluding hydrogens is 353 g/mol. The van der Waals surface area contributed by atoms with E-state index in [2.05, 4.69) is 4.98 Å². The smallest absolute Gasteiger partial charge is 0.254 e. The Morgan fingerprint density at radius 1 is 1.25 bits per heavy atom. The lowest BCUT2D eigenvalue weighted by Crippen LogP contribution is -2.41. The summed E-state index contributed by atoms with van der Waals surface area (Å²) in [5.74, 6) is -1.02. The van der Waals surface area contributed by atoms with Gasteiger partial charge in [-0.3, -0.25) is 4.79 Å². The Morgan fingerprint density at radius 2 is 1.88 bits per heavy atom. The van der Waals surface area contributed by atoms with Gasteiger partial charge < -0.3 is 5.73 Å². The Morgan fingerprint density at radius 3 is 2.46 bits per heavy atom. The topological polar surface area (TPSA) is 93.4 Å². The number of nitrogens with zero attached hydrogens (tertiary/aromatic N) is 2. The van der Waals surface area contributed by atoms with Crippen LogP contribution in [-0.2, 0) is 14.8 Å². The van der Waals surface area contributed by atoms with E-state index in [1.807, 2.05) is 0 Å². The van der Waals surface area contributed by atoms with Crippen LogP contribution in [0.15, 0.2) is 34.7 Å². The molecule has 24 heavy (non-hydrogen) atoms. The van der Waals surface area contributed by atoms with Crippen molar-refractivity contribution in [2.45, 2.75) is 17.1 Å². The zero-order chi connectivity index (χ0) is 17.3. The largest absolute Gasteiger partial charge is 0.369 e. The first kappa shape index (κ1) is 17.0. The highest BCUT2D eigenvalue weighted by Gasteiger charge is 2.32. The molecule has 0 bridgehead atoms. The van der Waals surface area contributed by atoms with E-state index in [4.69, 9.17) is 5.73 Å². The number of primary amides is 1. The molecule has 2 aromatic rings. The van der Waals surface area contributed by atoms with E-state index in [9.17, 15) is 17.6 Å². The SMILES string of the molecule is NC(=O)C1CCN(S(=O)(=O)c2cnc(-c3ccc(F)cc3)s2)CC1. The number of carbonyl (C=O) groups excluding carboxylic acids is 1. The second-order valence-corrected chi connectivity index (χ2v) is 8.77. The summed E-state index contributed by atoms with van der Waals surface area (Å²) in [6, 6.07) is 5.73. The van der Waals surface area contributed by atoms with Crippen molar-refractivity contribution in [3.63, 3.8) is 0 Å². The van der Waals surface area contributed by atoms with Gasteiger partial charge in [-0.2, -0.15) is 4.31 Å². The molecule has 0 radical (unpaired) electrons. The minimum absolute atomic E-state index is 0.138. The van der Waals surface area contributed by atoms with E-state index < -0.39 is 10.0 Å². The van der Waals surface area contributed by atoms with Gasteiger partial charge in [0.05, 0.1) is 6.20 Å². The van der Waals surface area contributed by atoms with Crippen LogP contribution in [0.5, 0.6) is 0 Å². The van der Waals surface area contributed by atoms with Crippen LogP contribution in [0, 0.1) is 11.7 Å². The third-order valence-electron chi connectivity index (χ3n) is 4.03. The number of carbonyl (C=O) groups is 1. The van der Waals surface area contributed by atoms with Gasteiger partial charge in [-0.1, -0.05) is 0 Å². The zero-order valence-electron chi connectivity index (χ0n) is 12.7. The molecule has 0 aliphatic carbocycles. The van der Waals surface area contributed by atoms with E-state index in [1.165, 1.54) is 22.6 Å². The number of amides is 1. The molecule has 1 fully saturated rings. The molecule has 128 valence electrons. The maximum atomic E-state index is 13.0. The average molecular weight is 369 g/mol. The number of nitrogens with two attached hydrogens (primary N) is 1. The van der Waals surface area contributed by atoms with Gasteiger partial charge in [0.2, 0.25) is 5.91 Å². The molecule has 1 saturated heterocycles. The van der Waals surface area contributed by atoms with Crippen molar-refractivity contribution in [2.75, 3.05) is 13.1 Å². The van der Waals surface area contributed by atoms with Crippen molar-refractivity contribution in [1.29, 1.82) is 0 Å². The molecule has 0 spiro atoms. The van der Waals surface area contributed by atoms with Crippen molar-refractivity contribution in [3.8, 4) is 10.6 Å². The van der Waals surface area contributed by atoms with Crippen LogP contribution >= 0.6 is 11.3 Å². The van der Waals surface area contributed by atoms with Crippen LogP contribution in [0.25, 0.3) is 10.6 Å². The van der Waals surface area contributed by atoms with Gasteiger partial charge in [0.25, 0.3) is 10.0 Å². The van der Waals surface area contributed by atoms with Gasteiger partial charge in [-0.15, -0.1) is 11.3 Å². The lowest BCUT2D eigenvalue weighted by Gasteiger charge is -2.29. The number of hydrogen-bond acceptors (Lipinski definition) is 5. The van der Waals surface area contributed by atoms with Crippen LogP contribution < -0.4 is 5.73 Å². The molecule has 3 rings (SSSR count). The third kappa shape index (κ3) is 3.33.